The van der Waals surface area contributed by atoms with Crippen LogP contribution in [0.25, 0.3) is 0 Å². The fourth-order valence-electron chi connectivity index (χ4n) is 2.70. The van der Waals surface area contributed by atoms with Gasteiger partial charge in [-0.05, 0) is 41.3 Å². The number of carbonyl (C=O) groups is 1. The van der Waals surface area contributed by atoms with Gasteiger partial charge in [0.25, 0.3) is 0 Å². The van der Waals surface area contributed by atoms with E-state index in [-0.39, 0.29) is 6.03 Å². The Bertz CT molecular complexity index is 849. The average molecular weight is 369 g/mol. The first-order valence-corrected chi connectivity index (χ1v) is 8.89. The lowest BCUT2D eigenvalue weighted by Gasteiger charge is -2.12. The van der Waals surface area contributed by atoms with Gasteiger partial charge in [0.05, 0.1) is 6.54 Å². The fraction of sp³-hybridized carbons (Fsp3) is 0.200. The Morgan fingerprint density at radius 1 is 1.04 bits per heavy atom. The SMILES string of the molecule is O=C(NCCc1cccc(Cl)c1)NCc1ccccc1Cn1cccn1. The maximum atomic E-state index is 12.0. The molecule has 0 radical (unpaired) electrons. The minimum atomic E-state index is -0.180. The monoisotopic (exact) mass is 368 g/mol. The van der Waals surface area contributed by atoms with Crippen LogP contribution < -0.4 is 10.6 Å². The molecule has 0 saturated heterocycles. The van der Waals surface area contributed by atoms with Gasteiger partial charge in [-0.25, -0.2) is 4.79 Å². The van der Waals surface area contributed by atoms with Crippen molar-refractivity contribution in [1.82, 2.24) is 20.4 Å². The lowest BCUT2D eigenvalue weighted by molar-refractivity contribution is 0.240. The first-order chi connectivity index (χ1) is 12.7. The second-order valence-electron chi connectivity index (χ2n) is 5.96. The van der Waals surface area contributed by atoms with Gasteiger partial charge in [-0.2, -0.15) is 5.10 Å². The molecule has 5 nitrogen and oxygen atoms in total. The lowest BCUT2D eigenvalue weighted by atomic mass is 10.1. The zero-order valence-electron chi connectivity index (χ0n) is 14.4. The summed E-state index contributed by atoms with van der Waals surface area (Å²) in [6.07, 6.45) is 4.42. The lowest BCUT2D eigenvalue weighted by Crippen LogP contribution is -2.36. The summed E-state index contributed by atoms with van der Waals surface area (Å²) >= 11 is 5.96. The zero-order chi connectivity index (χ0) is 18.2. The number of aromatic nitrogens is 2. The molecule has 6 heteroatoms. The molecule has 0 spiro atoms. The summed E-state index contributed by atoms with van der Waals surface area (Å²) < 4.78 is 1.86. The van der Waals surface area contributed by atoms with E-state index in [1.54, 1.807) is 6.20 Å². The van der Waals surface area contributed by atoms with Crippen molar-refractivity contribution in [2.75, 3.05) is 6.54 Å². The van der Waals surface area contributed by atoms with Crippen molar-refractivity contribution in [3.63, 3.8) is 0 Å². The standard InChI is InChI=1S/C20H21ClN4O/c21-19-8-3-5-16(13-19)9-11-22-20(26)23-14-17-6-1-2-7-18(17)15-25-12-4-10-24-25/h1-8,10,12-13H,9,11,14-15H2,(H2,22,23,26). The molecule has 0 aliphatic carbocycles. The van der Waals surface area contributed by atoms with Gasteiger partial charge in [0.15, 0.2) is 0 Å². The number of urea groups is 1. The Kier molecular flexibility index (Phi) is 6.28. The van der Waals surface area contributed by atoms with Gasteiger partial charge in [-0.3, -0.25) is 4.68 Å². The highest BCUT2D eigenvalue weighted by molar-refractivity contribution is 6.30. The van der Waals surface area contributed by atoms with Crippen LogP contribution in [-0.4, -0.2) is 22.4 Å². The number of hydrogen-bond acceptors (Lipinski definition) is 2. The molecule has 0 unspecified atom stereocenters. The molecule has 3 aromatic rings. The fourth-order valence-corrected chi connectivity index (χ4v) is 2.92. The van der Waals surface area contributed by atoms with E-state index >= 15 is 0 Å². The smallest absolute Gasteiger partial charge is 0.315 e. The van der Waals surface area contributed by atoms with Crippen LogP contribution >= 0.6 is 11.6 Å². The van der Waals surface area contributed by atoms with Crippen LogP contribution in [0.15, 0.2) is 67.0 Å². The third kappa shape index (κ3) is 5.36. The highest BCUT2D eigenvalue weighted by Gasteiger charge is 2.05. The molecule has 0 aliphatic rings. The quantitative estimate of drug-likeness (QED) is 0.669. The second kappa shape index (κ2) is 9.06. The number of halogens is 1. The van der Waals surface area contributed by atoms with E-state index in [0.717, 1.165) is 23.1 Å². The molecule has 2 amide bonds. The van der Waals surface area contributed by atoms with Crippen molar-refractivity contribution in [2.24, 2.45) is 0 Å². The van der Waals surface area contributed by atoms with Crippen molar-refractivity contribution in [2.45, 2.75) is 19.5 Å². The minimum absolute atomic E-state index is 0.180. The van der Waals surface area contributed by atoms with Crippen LogP contribution in [0.4, 0.5) is 4.79 Å². The summed E-state index contributed by atoms with van der Waals surface area (Å²) in [4.78, 5) is 12.0. The number of nitrogens with one attached hydrogen (secondary N) is 2. The largest absolute Gasteiger partial charge is 0.338 e. The van der Waals surface area contributed by atoms with Gasteiger partial charge < -0.3 is 10.6 Å². The molecule has 3 rings (SSSR count). The normalized spacial score (nSPS) is 10.5. The number of hydrogen-bond donors (Lipinski definition) is 2. The van der Waals surface area contributed by atoms with Gasteiger partial charge >= 0.3 is 6.03 Å². The van der Waals surface area contributed by atoms with Gasteiger partial charge in [0.2, 0.25) is 0 Å². The average Bonchev–Trinajstić information content (AvgIpc) is 3.14. The first-order valence-electron chi connectivity index (χ1n) is 8.51. The topological polar surface area (TPSA) is 59.0 Å². The van der Waals surface area contributed by atoms with E-state index in [1.807, 2.05) is 59.4 Å². The van der Waals surface area contributed by atoms with Crippen molar-refractivity contribution in [1.29, 1.82) is 0 Å². The molecule has 0 saturated carbocycles. The number of rotatable bonds is 7. The molecule has 0 bridgehead atoms. The zero-order valence-corrected chi connectivity index (χ0v) is 15.1. The highest BCUT2D eigenvalue weighted by atomic mass is 35.5. The van der Waals surface area contributed by atoms with E-state index in [0.29, 0.717) is 24.7 Å². The molecule has 134 valence electrons. The van der Waals surface area contributed by atoms with Crippen LogP contribution in [0.2, 0.25) is 5.02 Å². The van der Waals surface area contributed by atoms with Crippen LogP contribution in [0, 0.1) is 0 Å². The number of nitrogens with zero attached hydrogens (tertiary/aromatic N) is 2. The summed E-state index contributed by atoms with van der Waals surface area (Å²) in [5.74, 6) is 0. The van der Waals surface area contributed by atoms with E-state index in [2.05, 4.69) is 21.8 Å². The maximum absolute atomic E-state index is 12.0. The Morgan fingerprint density at radius 3 is 2.65 bits per heavy atom. The van der Waals surface area contributed by atoms with Crippen molar-refractivity contribution >= 4 is 17.6 Å². The van der Waals surface area contributed by atoms with E-state index < -0.39 is 0 Å². The summed E-state index contributed by atoms with van der Waals surface area (Å²) in [6.45, 7) is 1.71. The summed E-state index contributed by atoms with van der Waals surface area (Å²) in [5, 5.41) is 10.7. The molecule has 0 atom stereocenters. The molecule has 0 fully saturated rings. The molecule has 1 aromatic heterocycles. The number of amides is 2. The third-order valence-electron chi connectivity index (χ3n) is 4.04. The molecule has 26 heavy (non-hydrogen) atoms. The molecular weight excluding hydrogens is 348 g/mol. The van der Waals surface area contributed by atoms with Crippen LogP contribution in [0.5, 0.6) is 0 Å². The predicted molar refractivity (Wildman–Crippen MR) is 103 cm³/mol. The summed E-state index contributed by atoms with van der Waals surface area (Å²) in [5.41, 5.74) is 3.31. The van der Waals surface area contributed by atoms with Gasteiger partial charge in [0, 0.05) is 30.5 Å². The van der Waals surface area contributed by atoms with E-state index in [4.69, 9.17) is 11.6 Å². The summed E-state index contributed by atoms with van der Waals surface area (Å²) in [6, 6.07) is 17.4. The molecular formula is C20H21ClN4O. The van der Waals surface area contributed by atoms with E-state index in [1.165, 1.54) is 0 Å². The maximum Gasteiger partial charge on any atom is 0.315 e. The molecule has 1 heterocycles. The van der Waals surface area contributed by atoms with Crippen LogP contribution in [-0.2, 0) is 19.5 Å². The number of carbonyl (C=O) groups excluding carboxylic acids is 1. The van der Waals surface area contributed by atoms with Crippen molar-refractivity contribution in [3.05, 3.63) is 88.7 Å². The first kappa shape index (κ1) is 18.0. The molecule has 2 aromatic carbocycles. The van der Waals surface area contributed by atoms with E-state index in [9.17, 15) is 4.79 Å². The van der Waals surface area contributed by atoms with Crippen LogP contribution in [0.3, 0.4) is 0 Å². The third-order valence-corrected chi connectivity index (χ3v) is 4.27. The van der Waals surface area contributed by atoms with Gasteiger partial charge in [-0.15, -0.1) is 0 Å². The van der Waals surface area contributed by atoms with Crippen molar-refractivity contribution < 1.29 is 4.79 Å². The van der Waals surface area contributed by atoms with Gasteiger partial charge in [0.1, 0.15) is 0 Å². The minimum Gasteiger partial charge on any atom is -0.338 e. The Hall–Kier alpha value is -2.79. The van der Waals surface area contributed by atoms with Crippen LogP contribution in [0.1, 0.15) is 16.7 Å². The summed E-state index contributed by atoms with van der Waals surface area (Å²) in [7, 11) is 0. The Balaban J connectivity index is 1.47. The Morgan fingerprint density at radius 2 is 1.88 bits per heavy atom. The number of benzene rings is 2. The second-order valence-corrected chi connectivity index (χ2v) is 6.40. The molecule has 0 aliphatic heterocycles. The Labute approximate surface area is 158 Å². The predicted octanol–water partition coefficient (Wildman–Crippen LogP) is 3.63. The van der Waals surface area contributed by atoms with Crippen molar-refractivity contribution in [3.8, 4) is 0 Å². The molecule has 2 N–H and O–H groups in total. The highest BCUT2D eigenvalue weighted by Crippen LogP contribution is 2.11. The van der Waals surface area contributed by atoms with Gasteiger partial charge in [-0.1, -0.05) is 48.0 Å².